The second-order valence-corrected chi connectivity index (χ2v) is 9.11. The molecule has 1 atom stereocenters. The topological polar surface area (TPSA) is 81.8 Å². The number of fused-ring (bicyclic) bond motifs is 2. The molecule has 3 aromatic heterocycles. The van der Waals surface area contributed by atoms with Crippen LogP contribution in [0.1, 0.15) is 44.9 Å². The van der Waals surface area contributed by atoms with E-state index in [0.29, 0.717) is 38.0 Å². The number of thiophene rings is 1. The standard InChI is InChI=1S/C22H20ClN5O2S/c1-12-16-21(25-15-4-3-10-28(15)22(16)30)31-18(12)20(29)26-17(19-24-9-11-27(19)2)13-5-7-14(23)8-6-13/h5-9,11,17H,3-4,10H2,1-2H3,(H,26,29). The van der Waals surface area contributed by atoms with Gasteiger partial charge in [-0.2, -0.15) is 0 Å². The summed E-state index contributed by atoms with van der Waals surface area (Å²) in [5, 5.41) is 4.26. The van der Waals surface area contributed by atoms with Crippen LogP contribution in [0.3, 0.4) is 0 Å². The lowest BCUT2D eigenvalue weighted by molar-refractivity contribution is 0.0945. The molecule has 4 heterocycles. The average Bonchev–Trinajstić information content (AvgIpc) is 3.46. The highest BCUT2D eigenvalue weighted by molar-refractivity contribution is 7.20. The molecule has 0 bridgehead atoms. The Morgan fingerprint density at radius 1 is 1.29 bits per heavy atom. The number of aryl methyl sites for hydroxylation is 3. The normalized spacial score (nSPS) is 14.0. The van der Waals surface area contributed by atoms with Gasteiger partial charge in [0.1, 0.15) is 22.5 Å². The molecule has 158 valence electrons. The van der Waals surface area contributed by atoms with E-state index in [9.17, 15) is 9.59 Å². The van der Waals surface area contributed by atoms with E-state index >= 15 is 0 Å². The summed E-state index contributed by atoms with van der Waals surface area (Å²) in [6.45, 7) is 2.50. The predicted octanol–water partition coefficient (Wildman–Crippen LogP) is 3.62. The van der Waals surface area contributed by atoms with Crippen molar-refractivity contribution in [2.45, 2.75) is 32.4 Å². The van der Waals surface area contributed by atoms with Crippen molar-refractivity contribution in [1.29, 1.82) is 0 Å². The maximum absolute atomic E-state index is 13.4. The first kappa shape index (κ1) is 20.0. The van der Waals surface area contributed by atoms with Crippen LogP contribution in [-0.2, 0) is 20.0 Å². The zero-order valence-electron chi connectivity index (χ0n) is 17.1. The van der Waals surface area contributed by atoms with E-state index in [2.05, 4.69) is 15.3 Å². The molecule has 0 spiro atoms. The third kappa shape index (κ3) is 3.36. The first-order valence-corrected chi connectivity index (χ1v) is 11.2. The number of benzene rings is 1. The lowest BCUT2D eigenvalue weighted by Gasteiger charge is -2.19. The molecule has 9 heteroatoms. The fraction of sp³-hybridized carbons (Fsp3) is 0.273. The van der Waals surface area contributed by atoms with Gasteiger partial charge < -0.3 is 9.88 Å². The molecule has 4 aromatic rings. The van der Waals surface area contributed by atoms with E-state index in [1.165, 1.54) is 11.3 Å². The molecular weight excluding hydrogens is 434 g/mol. The molecule has 1 amide bonds. The number of rotatable bonds is 4. The number of halogens is 1. The fourth-order valence-corrected chi connectivity index (χ4v) is 5.32. The molecule has 0 aliphatic carbocycles. The highest BCUT2D eigenvalue weighted by Gasteiger charge is 2.26. The number of aromatic nitrogens is 4. The minimum Gasteiger partial charge on any atom is -0.337 e. The average molecular weight is 454 g/mol. The molecule has 1 aromatic carbocycles. The Kier molecular flexibility index (Phi) is 4.91. The Morgan fingerprint density at radius 2 is 2.06 bits per heavy atom. The Labute approximate surface area is 187 Å². The van der Waals surface area contributed by atoms with Crippen LogP contribution in [0.4, 0.5) is 0 Å². The van der Waals surface area contributed by atoms with Gasteiger partial charge in [0, 0.05) is 37.4 Å². The maximum Gasteiger partial charge on any atom is 0.262 e. The van der Waals surface area contributed by atoms with Gasteiger partial charge >= 0.3 is 0 Å². The lowest BCUT2D eigenvalue weighted by Crippen LogP contribution is -2.31. The maximum atomic E-state index is 13.4. The Hall–Kier alpha value is -2.97. The molecule has 0 fully saturated rings. The number of carbonyl (C=O) groups is 1. The van der Waals surface area contributed by atoms with E-state index in [4.69, 9.17) is 11.6 Å². The van der Waals surface area contributed by atoms with Gasteiger partial charge in [-0.3, -0.25) is 14.2 Å². The predicted molar refractivity (Wildman–Crippen MR) is 121 cm³/mol. The van der Waals surface area contributed by atoms with Crippen molar-refractivity contribution >= 4 is 39.1 Å². The van der Waals surface area contributed by atoms with Crippen molar-refractivity contribution in [3.63, 3.8) is 0 Å². The lowest BCUT2D eigenvalue weighted by atomic mass is 10.1. The summed E-state index contributed by atoms with van der Waals surface area (Å²) in [7, 11) is 1.88. The second-order valence-electron chi connectivity index (χ2n) is 7.68. The molecule has 31 heavy (non-hydrogen) atoms. The summed E-state index contributed by atoms with van der Waals surface area (Å²) in [6, 6.07) is 6.86. The number of hydrogen-bond donors (Lipinski definition) is 1. The molecule has 7 nitrogen and oxygen atoms in total. The molecular formula is C22H20ClN5O2S. The monoisotopic (exact) mass is 453 g/mol. The van der Waals surface area contributed by atoms with Gasteiger partial charge in [0.15, 0.2) is 0 Å². The number of amides is 1. The van der Waals surface area contributed by atoms with Crippen LogP contribution < -0.4 is 10.9 Å². The minimum absolute atomic E-state index is 0.0522. The Balaban J connectivity index is 1.56. The van der Waals surface area contributed by atoms with Crippen molar-refractivity contribution in [2.24, 2.45) is 7.05 Å². The van der Waals surface area contributed by atoms with Crippen LogP contribution in [0.5, 0.6) is 0 Å². The largest absolute Gasteiger partial charge is 0.337 e. The summed E-state index contributed by atoms with van der Waals surface area (Å²) in [6.07, 6.45) is 5.25. The van der Waals surface area contributed by atoms with Crippen LogP contribution in [0.25, 0.3) is 10.2 Å². The van der Waals surface area contributed by atoms with E-state index in [0.717, 1.165) is 24.2 Å². The van der Waals surface area contributed by atoms with Crippen LogP contribution in [0, 0.1) is 6.92 Å². The van der Waals surface area contributed by atoms with E-state index < -0.39 is 6.04 Å². The molecule has 1 unspecified atom stereocenters. The van der Waals surface area contributed by atoms with Crippen molar-refractivity contribution in [3.05, 3.63) is 79.7 Å². The Bertz CT molecular complexity index is 1370. The second kappa shape index (κ2) is 7.62. The molecule has 1 aliphatic rings. The smallest absolute Gasteiger partial charge is 0.262 e. The molecule has 1 aliphatic heterocycles. The Morgan fingerprint density at radius 3 is 2.77 bits per heavy atom. The molecule has 1 N–H and O–H groups in total. The van der Waals surface area contributed by atoms with Crippen molar-refractivity contribution in [1.82, 2.24) is 24.4 Å². The summed E-state index contributed by atoms with van der Waals surface area (Å²) >= 11 is 7.32. The minimum atomic E-state index is -0.464. The number of nitrogens with zero attached hydrogens (tertiary/aromatic N) is 4. The van der Waals surface area contributed by atoms with Gasteiger partial charge in [0.2, 0.25) is 0 Å². The van der Waals surface area contributed by atoms with Gasteiger partial charge in [-0.25, -0.2) is 9.97 Å². The molecule has 5 rings (SSSR count). The number of imidazole rings is 1. The number of nitrogens with one attached hydrogen (secondary N) is 1. The molecule has 0 saturated carbocycles. The zero-order valence-corrected chi connectivity index (χ0v) is 18.6. The summed E-state index contributed by atoms with van der Waals surface area (Å²) < 4.78 is 3.60. The molecule has 0 radical (unpaired) electrons. The quantitative estimate of drug-likeness (QED) is 0.511. The summed E-state index contributed by atoms with van der Waals surface area (Å²) in [4.78, 5) is 36.5. The highest BCUT2D eigenvalue weighted by Crippen LogP contribution is 2.30. The van der Waals surface area contributed by atoms with E-state index in [1.807, 2.05) is 36.9 Å². The summed E-state index contributed by atoms with van der Waals surface area (Å²) in [5.74, 6) is 1.25. The third-order valence-corrected chi connectivity index (χ3v) is 7.15. The van der Waals surface area contributed by atoms with Crippen molar-refractivity contribution in [2.75, 3.05) is 0 Å². The van der Waals surface area contributed by atoms with Crippen LogP contribution in [-0.4, -0.2) is 25.0 Å². The number of hydrogen-bond acceptors (Lipinski definition) is 5. The zero-order chi connectivity index (χ0) is 21.7. The van der Waals surface area contributed by atoms with Crippen LogP contribution in [0.2, 0.25) is 5.02 Å². The van der Waals surface area contributed by atoms with Gasteiger partial charge in [-0.15, -0.1) is 11.3 Å². The van der Waals surface area contributed by atoms with Gasteiger partial charge in [-0.1, -0.05) is 23.7 Å². The fourth-order valence-electron chi connectivity index (χ4n) is 4.10. The molecule has 0 saturated heterocycles. The third-order valence-electron chi connectivity index (χ3n) is 5.71. The highest BCUT2D eigenvalue weighted by atomic mass is 35.5. The first-order valence-electron chi connectivity index (χ1n) is 10.0. The SMILES string of the molecule is Cc1c(C(=O)NC(c2ccc(Cl)cc2)c2nccn2C)sc2nc3n(c(=O)c12)CCC3. The van der Waals surface area contributed by atoms with Gasteiger partial charge in [-0.05, 0) is 36.6 Å². The number of carbonyl (C=O) groups excluding carboxylic acids is 1. The van der Waals surface area contributed by atoms with Crippen molar-refractivity contribution < 1.29 is 4.79 Å². The summed E-state index contributed by atoms with van der Waals surface area (Å²) in [5.41, 5.74) is 1.48. The van der Waals surface area contributed by atoms with Crippen LogP contribution in [0.15, 0.2) is 41.5 Å². The van der Waals surface area contributed by atoms with Crippen LogP contribution >= 0.6 is 22.9 Å². The van der Waals surface area contributed by atoms with E-state index in [1.54, 1.807) is 22.9 Å². The van der Waals surface area contributed by atoms with Gasteiger partial charge in [0.25, 0.3) is 11.5 Å². The van der Waals surface area contributed by atoms with Gasteiger partial charge in [0.05, 0.1) is 10.3 Å². The van der Waals surface area contributed by atoms with E-state index in [-0.39, 0.29) is 11.5 Å². The van der Waals surface area contributed by atoms with Crippen molar-refractivity contribution in [3.8, 4) is 0 Å². The first-order chi connectivity index (χ1) is 14.9.